The lowest BCUT2D eigenvalue weighted by atomic mass is 9.98. The molecule has 1 aliphatic rings. The highest BCUT2D eigenvalue weighted by Gasteiger charge is 2.42. The molecule has 0 aromatic heterocycles. The predicted octanol–water partition coefficient (Wildman–Crippen LogP) is -0.966. The minimum absolute atomic E-state index is 0.428. The van der Waals surface area contributed by atoms with E-state index in [0.29, 0.717) is 0 Å². The van der Waals surface area contributed by atoms with Gasteiger partial charge in [0.05, 0.1) is 18.8 Å². The Morgan fingerprint density at radius 1 is 1.43 bits per heavy atom. The highest BCUT2D eigenvalue weighted by molar-refractivity contribution is 7.80. The number of azide groups is 1. The number of thiol groups is 1. The summed E-state index contributed by atoms with van der Waals surface area (Å²) in [5.41, 5.74) is 7.32. The molecule has 14 heavy (non-hydrogen) atoms. The van der Waals surface area contributed by atoms with Crippen LogP contribution in [0.15, 0.2) is 5.11 Å². The Bertz CT molecular complexity index is 247. The van der Waals surface area contributed by atoms with E-state index in [1.807, 2.05) is 0 Å². The fourth-order valence-electron chi connectivity index (χ4n) is 1.28. The maximum absolute atomic E-state index is 9.50. The standard InChI is InChI=1S/C6H11N3O4S/c7-9-8-3-4(11)2(1-10)13-6(14)5(3)12/h2-6,10-12,14H,1H2/t2?,3?,4-,5-,6-/m0/s1. The van der Waals surface area contributed by atoms with Crippen molar-refractivity contribution in [1.82, 2.24) is 0 Å². The fraction of sp³-hybridized carbons (Fsp3) is 1.00. The summed E-state index contributed by atoms with van der Waals surface area (Å²) in [5, 5.41) is 31.0. The van der Waals surface area contributed by atoms with E-state index >= 15 is 0 Å². The van der Waals surface area contributed by atoms with Crippen LogP contribution in [0.3, 0.4) is 0 Å². The maximum Gasteiger partial charge on any atom is 0.127 e. The Labute approximate surface area is 85.3 Å². The van der Waals surface area contributed by atoms with E-state index in [1.54, 1.807) is 0 Å². The van der Waals surface area contributed by atoms with Gasteiger partial charge in [-0.3, -0.25) is 0 Å². The van der Waals surface area contributed by atoms with Crippen LogP contribution in [0.1, 0.15) is 0 Å². The monoisotopic (exact) mass is 221 g/mol. The zero-order valence-electron chi connectivity index (χ0n) is 7.13. The molecule has 8 heteroatoms. The van der Waals surface area contributed by atoms with Gasteiger partial charge in [0.25, 0.3) is 0 Å². The van der Waals surface area contributed by atoms with E-state index in [0.717, 1.165) is 0 Å². The van der Waals surface area contributed by atoms with Gasteiger partial charge in [0, 0.05) is 4.91 Å². The third-order valence-corrected chi connectivity index (χ3v) is 2.48. The van der Waals surface area contributed by atoms with Crippen LogP contribution in [0.25, 0.3) is 10.4 Å². The number of aliphatic hydroxyl groups is 3. The molecule has 1 aliphatic heterocycles. The van der Waals surface area contributed by atoms with Gasteiger partial charge in [0.1, 0.15) is 17.6 Å². The molecule has 0 aromatic rings. The van der Waals surface area contributed by atoms with E-state index in [-0.39, 0.29) is 0 Å². The highest BCUT2D eigenvalue weighted by Crippen LogP contribution is 2.25. The topological polar surface area (TPSA) is 119 Å². The zero-order valence-corrected chi connectivity index (χ0v) is 8.03. The second-order valence-corrected chi connectivity index (χ2v) is 3.43. The quantitative estimate of drug-likeness (QED) is 0.208. The van der Waals surface area contributed by atoms with Gasteiger partial charge in [-0.1, -0.05) is 5.11 Å². The van der Waals surface area contributed by atoms with Crippen molar-refractivity contribution >= 4 is 12.6 Å². The van der Waals surface area contributed by atoms with Crippen LogP contribution in [0.4, 0.5) is 0 Å². The first kappa shape index (κ1) is 11.6. The van der Waals surface area contributed by atoms with Gasteiger partial charge in [0.15, 0.2) is 0 Å². The van der Waals surface area contributed by atoms with Gasteiger partial charge in [-0.2, -0.15) is 0 Å². The van der Waals surface area contributed by atoms with E-state index in [9.17, 15) is 10.2 Å². The Morgan fingerprint density at radius 3 is 2.57 bits per heavy atom. The van der Waals surface area contributed by atoms with Crippen LogP contribution in [-0.4, -0.2) is 51.7 Å². The largest absolute Gasteiger partial charge is 0.394 e. The molecule has 0 amide bonds. The lowest BCUT2D eigenvalue weighted by Crippen LogP contribution is -2.56. The Balaban J connectivity index is 2.82. The van der Waals surface area contributed by atoms with Crippen molar-refractivity contribution in [3.05, 3.63) is 10.4 Å². The minimum Gasteiger partial charge on any atom is -0.394 e. The first-order chi connectivity index (χ1) is 6.61. The number of aliphatic hydroxyl groups excluding tert-OH is 3. The van der Waals surface area contributed by atoms with Gasteiger partial charge in [-0.15, -0.1) is 12.6 Å². The van der Waals surface area contributed by atoms with Crippen molar-refractivity contribution in [3.63, 3.8) is 0 Å². The molecule has 0 spiro atoms. The van der Waals surface area contributed by atoms with Gasteiger partial charge < -0.3 is 20.1 Å². The zero-order chi connectivity index (χ0) is 10.7. The van der Waals surface area contributed by atoms with Crippen LogP contribution < -0.4 is 0 Å². The average Bonchev–Trinajstić information content (AvgIpc) is 2.18. The van der Waals surface area contributed by atoms with Crippen molar-refractivity contribution in [2.45, 2.75) is 29.8 Å². The van der Waals surface area contributed by atoms with E-state index in [4.69, 9.17) is 15.4 Å². The van der Waals surface area contributed by atoms with E-state index in [1.165, 1.54) is 0 Å². The molecule has 80 valence electrons. The molecule has 3 N–H and O–H groups in total. The number of rotatable bonds is 2. The van der Waals surface area contributed by atoms with Crippen LogP contribution in [0.2, 0.25) is 0 Å². The van der Waals surface area contributed by atoms with Crippen LogP contribution in [0.5, 0.6) is 0 Å². The van der Waals surface area contributed by atoms with Crippen LogP contribution >= 0.6 is 12.6 Å². The second kappa shape index (κ2) is 4.83. The molecule has 0 saturated carbocycles. The normalized spacial score (nSPS) is 43.0. The maximum atomic E-state index is 9.50. The lowest BCUT2D eigenvalue weighted by molar-refractivity contribution is -0.159. The lowest BCUT2D eigenvalue weighted by Gasteiger charge is -2.38. The van der Waals surface area contributed by atoms with Crippen molar-refractivity contribution in [2.75, 3.05) is 6.61 Å². The molecule has 1 heterocycles. The number of hydrogen-bond donors (Lipinski definition) is 4. The molecule has 0 aromatic carbocycles. The van der Waals surface area contributed by atoms with Gasteiger partial charge in [0.2, 0.25) is 0 Å². The van der Waals surface area contributed by atoms with Crippen molar-refractivity contribution < 1.29 is 20.1 Å². The molecule has 2 unspecified atom stereocenters. The third kappa shape index (κ3) is 2.11. The average molecular weight is 221 g/mol. The van der Waals surface area contributed by atoms with Gasteiger partial charge >= 0.3 is 0 Å². The number of hydrogen-bond acceptors (Lipinski definition) is 6. The fourth-order valence-corrected chi connectivity index (χ4v) is 1.61. The SMILES string of the molecule is [N-]=[N+]=NC1[C@@H](O)C(CO)O[C@@H](S)[C@H]1O. The van der Waals surface area contributed by atoms with Crippen LogP contribution in [0, 0.1) is 0 Å². The molecular formula is C6H11N3O4S. The first-order valence-electron chi connectivity index (χ1n) is 3.96. The molecule has 1 rings (SSSR count). The molecule has 0 radical (unpaired) electrons. The summed E-state index contributed by atoms with van der Waals surface area (Å²) < 4.78 is 4.97. The Morgan fingerprint density at radius 2 is 2.07 bits per heavy atom. The van der Waals surface area contributed by atoms with Crippen molar-refractivity contribution in [1.29, 1.82) is 0 Å². The second-order valence-electron chi connectivity index (χ2n) is 2.92. The van der Waals surface area contributed by atoms with Crippen molar-refractivity contribution in [2.24, 2.45) is 5.11 Å². The Hall–Kier alpha value is -0.500. The summed E-state index contributed by atoms with van der Waals surface area (Å²) in [6.07, 6.45) is -3.31. The Kier molecular flexibility index (Phi) is 3.99. The summed E-state index contributed by atoms with van der Waals surface area (Å²) in [6.45, 7) is -0.428. The van der Waals surface area contributed by atoms with Crippen LogP contribution in [-0.2, 0) is 4.74 Å². The van der Waals surface area contributed by atoms with Crippen molar-refractivity contribution in [3.8, 4) is 0 Å². The summed E-state index contributed by atoms with van der Waals surface area (Å²) in [7, 11) is 0. The summed E-state index contributed by atoms with van der Waals surface area (Å²) in [6, 6.07) is -1.05. The number of nitrogens with zero attached hydrogens (tertiary/aromatic N) is 3. The minimum atomic E-state index is -1.23. The molecule has 5 atom stereocenters. The highest BCUT2D eigenvalue weighted by atomic mass is 32.1. The molecule has 1 fully saturated rings. The summed E-state index contributed by atoms with van der Waals surface area (Å²) in [4.78, 5) is 2.50. The molecule has 0 aliphatic carbocycles. The predicted molar refractivity (Wildman–Crippen MR) is 49.7 cm³/mol. The third-order valence-electron chi connectivity index (χ3n) is 2.05. The first-order valence-corrected chi connectivity index (χ1v) is 4.48. The molecule has 1 saturated heterocycles. The molecule has 0 bridgehead atoms. The van der Waals surface area contributed by atoms with E-state index < -0.39 is 36.4 Å². The summed E-state index contributed by atoms with van der Waals surface area (Å²) >= 11 is 3.88. The van der Waals surface area contributed by atoms with Gasteiger partial charge in [-0.05, 0) is 5.53 Å². The van der Waals surface area contributed by atoms with Gasteiger partial charge in [-0.25, -0.2) is 0 Å². The summed E-state index contributed by atoms with van der Waals surface area (Å²) in [5.74, 6) is 0. The smallest absolute Gasteiger partial charge is 0.127 e. The molecule has 7 nitrogen and oxygen atoms in total. The van der Waals surface area contributed by atoms with E-state index in [2.05, 4.69) is 22.7 Å². The number of ether oxygens (including phenoxy) is 1. The molecular weight excluding hydrogens is 210 g/mol.